The van der Waals surface area contributed by atoms with Crippen molar-refractivity contribution in [3.8, 4) is 5.75 Å². The Labute approximate surface area is 310 Å². The van der Waals surface area contributed by atoms with Gasteiger partial charge in [0.05, 0.1) is 68.3 Å². The second kappa shape index (κ2) is 17.6. The quantitative estimate of drug-likeness (QED) is 0.0785. The molecule has 0 spiro atoms. The van der Waals surface area contributed by atoms with Gasteiger partial charge in [0.25, 0.3) is 11.8 Å². The minimum atomic E-state index is -0.476. The number of carbonyl (C=O) groups excluding carboxylic acids is 2. The molecule has 0 unspecified atom stereocenters. The number of ether oxygens (including phenoxy) is 5. The van der Waals surface area contributed by atoms with Crippen LogP contribution in [0.1, 0.15) is 20.7 Å². The van der Waals surface area contributed by atoms with Gasteiger partial charge in [-0.3, -0.25) is 19.6 Å². The van der Waals surface area contributed by atoms with Crippen molar-refractivity contribution in [3.05, 3.63) is 115 Å². The lowest BCUT2D eigenvalue weighted by Gasteiger charge is -2.13. The first-order valence-corrected chi connectivity index (χ1v) is 17.5. The standard InChI is InChI=1S/C41H38N6O7/c1-50-16-17-51-18-19-52-20-21-53-22-23-54-33-25-31(40(48)46-34-12-10-29-8-6-27-4-2-14-42-36(27)38(29)44-34)24-32(26-33)41(49)47-35-13-11-30-9-7-28-5-3-15-43-37(28)39(30)45-35/h2-15,24-26H,16-23H2,1H3,(H,44,46,48)(H,45,47,49). The van der Waals surface area contributed by atoms with E-state index in [0.29, 0.717) is 68.1 Å². The number of carbonyl (C=O) groups is 2. The highest BCUT2D eigenvalue weighted by Gasteiger charge is 2.17. The van der Waals surface area contributed by atoms with Crippen molar-refractivity contribution in [1.29, 1.82) is 0 Å². The fourth-order valence-electron chi connectivity index (χ4n) is 5.81. The highest BCUT2D eigenvalue weighted by Crippen LogP contribution is 2.26. The molecular formula is C41H38N6O7. The summed E-state index contributed by atoms with van der Waals surface area (Å²) in [5, 5.41) is 9.40. The topological polar surface area (TPSA) is 156 Å². The second-order valence-corrected chi connectivity index (χ2v) is 12.2. The number of pyridine rings is 4. The van der Waals surface area contributed by atoms with E-state index in [2.05, 4.69) is 20.6 Å². The van der Waals surface area contributed by atoms with Crippen LogP contribution in [-0.2, 0) is 18.9 Å². The molecule has 0 saturated carbocycles. The third-order valence-electron chi connectivity index (χ3n) is 8.45. The van der Waals surface area contributed by atoms with Crippen molar-refractivity contribution in [1.82, 2.24) is 19.9 Å². The summed E-state index contributed by atoms with van der Waals surface area (Å²) in [7, 11) is 1.62. The molecule has 0 aliphatic rings. The van der Waals surface area contributed by atoms with E-state index in [1.807, 2.05) is 60.7 Å². The van der Waals surface area contributed by atoms with E-state index in [1.54, 1.807) is 43.8 Å². The summed E-state index contributed by atoms with van der Waals surface area (Å²) in [6.45, 7) is 3.18. The van der Waals surface area contributed by atoms with Gasteiger partial charge in [-0.25, -0.2) is 9.97 Å². The molecule has 2 N–H and O–H groups in total. The Bertz CT molecular complexity index is 2270. The maximum Gasteiger partial charge on any atom is 0.256 e. The van der Waals surface area contributed by atoms with Gasteiger partial charge in [0.1, 0.15) is 24.0 Å². The zero-order valence-electron chi connectivity index (χ0n) is 29.6. The Morgan fingerprint density at radius 3 is 1.43 bits per heavy atom. The number of aromatic nitrogens is 4. The van der Waals surface area contributed by atoms with Crippen molar-refractivity contribution in [3.63, 3.8) is 0 Å². The molecular weight excluding hydrogens is 688 g/mol. The molecule has 3 aromatic carbocycles. The average Bonchev–Trinajstić information content (AvgIpc) is 3.21. The summed E-state index contributed by atoms with van der Waals surface area (Å²) in [4.78, 5) is 45.8. The molecule has 4 aromatic heterocycles. The van der Waals surface area contributed by atoms with Gasteiger partial charge in [-0.1, -0.05) is 36.4 Å². The van der Waals surface area contributed by atoms with E-state index in [1.165, 1.54) is 6.07 Å². The van der Waals surface area contributed by atoms with Crippen LogP contribution in [0.25, 0.3) is 43.6 Å². The third kappa shape index (κ3) is 8.90. The van der Waals surface area contributed by atoms with Gasteiger partial charge < -0.3 is 34.3 Å². The largest absolute Gasteiger partial charge is 0.491 e. The maximum atomic E-state index is 13.7. The van der Waals surface area contributed by atoms with E-state index in [4.69, 9.17) is 33.7 Å². The Balaban J connectivity index is 1.06. The van der Waals surface area contributed by atoms with Crippen LogP contribution in [0.4, 0.5) is 11.6 Å². The maximum absolute atomic E-state index is 13.7. The van der Waals surface area contributed by atoms with Crippen LogP contribution in [0.15, 0.2) is 103 Å². The van der Waals surface area contributed by atoms with E-state index < -0.39 is 11.8 Å². The molecule has 54 heavy (non-hydrogen) atoms. The smallest absolute Gasteiger partial charge is 0.256 e. The summed E-state index contributed by atoms with van der Waals surface area (Å²) in [6.07, 6.45) is 3.42. The second-order valence-electron chi connectivity index (χ2n) is 12.2. The van der Waals surface area contributed by atoms with Crippen LogP contribution in [0, 0.1) is 0 Å². The Morgan fingerprint density at radius 2 is 0.944 bits per heavy atom. The summed E-state index contributed by atoms with van der Waals surface area (Å²) in [5.74, 6) is 0.0258. The Kier molecular flexibility index (Phi) is 11.8. The summed E-state index contributed by atoms with van der Waals surface area (Å²) in [6, 6.07) is 27.4. The SMILES string of the molecule is COCCOCCOCCOCCOc1cc(C(=O)Nc2ccc3ccc4cccnc4c3n2)cc(C(=O)Nc2ccc3ccc4cccnc4c3n2)c1. The molecule has 13 nitrogen and oxygen atoms in total. The Hall–Kier alpha value is -6.12. The average molecular weight is 727 g/mol. The van der Waals surface area contributed by atoms with Crippen LogP contribution < -0.4 is 15.4 Å². The highest BCUT2D eigenvalue weighted by atomic mass is 16.6. The first-order chi connectivity index (χ1) is 26.6. The van der Waals surface area contributed by atoms with Gasteiger partial charge in [-0.2, -0.15) is 0 Å². The van der Waals surface area contributed by atoms with E-state index in [9.17, 15) is 9.59 Å². The summed E-state index contributed by atoms with van der Waals surface area (Å²) in [5.41, 5.74) is 3.17. The molecule has 13 heteroatoms. The predicted octanol–water partition coefficient (Wildman–Crippen LogP) is 6.46. The number of nitrogens with zero attached hydrogens (tertiary/aromatic N) is 4. The minimum absolute atomic E-state index is 0.171. The number of fused-ring (bicyclic) bond motifs is 6. The van der Waals surface area contributed by atoms with Crippen molar-refractivity contribution in [2.75, 3.05) is 70.6 Å². The number of methoxy groups -OCH3 is 1. The molecule has 0 radical (unpaired) electrons. The first-order valence-electron chi connectivity index (χ1n) is 17.5. The number of anilines is 2. The van der Waals surface area contributed by atoms with Gasteiger partial charge in [0.2, 0.25) is 0 Å². The van der Waals surface area contributed by atoms with E-state index in [-0.39, 0.29) is 24.3 Å². The molecule has 0 aliphatic carbocycles. The minimum Gasteiger partial charge on any atom is -0.491 e. The van der Waals surface area contributed by atoms with Crippen molar-refractivity contribution in [2.24, 2.45) is 0 Å². The molecule has 7 rings (SSSR count). The van der Waals surface area contributed by atoms with E-state index in [0.717, 1.165) is 32.6 Å². The van der Waals surface area contributed by atoms with Crippen molar-refractivity contribution in [2.45, 2.75) is 0 Å². The summed E-state index contributed by atoms with van der Waals surface area (Å²) >= 11 is 0. The lowest BCUT2D eigenvalue weighted by atomic mass is 10.1. The van der Waals surface area contributed by atoms with Crippen molar-refractivity contribution < 1.29 is 33.3 Å². The molecule has 0 aliphatic heterocycles. The number of amides is 2. The summed E-state index contributed by atoms with van der Waals surface area (Å²) < 4.78 is 27.5. The highest BCUT2D eigenvalue weighted by molar-refractivity contribution is 6.10. The normalized spacial score (nSPS) is 11.4. The molecule has 2 amide bonds. The zero-order valence-corrected chi connectivity index (χ0v) is 29.6. The van der Waals surface area contributed by atoms with E-state index >= 15 is 0 Å². The van der Waals surface area contributed by atoms with Gasteiger partial charge in [-0.15, -0.1) is 0 Å². The van der Waals surface area contributed by atoms with Gasteiger partial charge in [0, 0.05) is 52.2 Å². The number of nitrogens with one attached hydrogen (secondary N) is 2. The van der Waals surface area contributed by atoms with Crippen molar-refractivity contribution >= 4 is 67.1 Å². The Morgan fingerprint density at radius 1 is 0.519 bits per heavy atom. The predicted molar refractivity (Wildman–Crippen MR) is 206 cm³/mol. The molecule has 0 atom stereocenters. The number of hydrogen-bond acceptors (Lipinski definition) is 11. The number of benzene rings is 3. The fraction of sp³-hybridized carbons (Fsp3) is 0.220. The van der Waals surface area contributed by atoms with Gasteiger partial charge >= 0.3 is 0 Å². The molecule has 0 saturated heterocycles. The van der Waals surface area contributed by atoms with Gasteiger partial charge in [-0.05, 0) is 54.6 Å². The van der Waals surface area contributed by atoms with Crippen LogP contribution in [0.5, 0.6) is 5.75 Å². The van der Waals surface area contributed by atoms with Crippen LogP contribution in [-0.4, -0.2) is 91.7 Å². The number of hydrogen-bond donors (Lipinski definition) is 2. The molecule has 274 valence electrons. The number of rotatable bonds is 17. The van der Waals surface area contributed by atoms with Gasteiger partial charge in [0.15, 0.2) is 0 Å². The van der Waals surface area contributed by atoms with Crippen LogP contribution >= 0.6 is 0 Å². The lowest BCUT2D eigenvalue weighted by molar-refractivity contribution is 0.000160. The fourth-order valence-corrected chi connectivity index (χ4v) is 5.81. The molecule has 7 aromatic rings. The molecule has 4 heterocycles. The van der Waals surface area contributed by atoms with Crippen LogP contribution in [0.2, 0.25) is 0 Å². The van der Waals surface area contributed by atoms with Crippen LogP contribution in [0.3, 0.4) is 0 Å². The first kappa shape index (κ1) is 36.2. The third-order valence-corrected chi connectivity index (χ3v) is 8.45. The zero-order chi connectivity index (χ0) is 37.1. The monoisotopic (exact) mass is 726 g/mol. The molecule has 0 bridgehead atoms. The molecule has 0 fully saturated rings. The lowest BCUT2D eigenvalue weighted by Crippen LogP contribution is -2.18.